The van der Waals surface area contributed by atoms with E-state index >= 15 is 0 Å². The van der Waals surface area contributed by atoms with Crippen LogP contribution in [0, 0.1) is 0 Å². The largest absolute Gasteiger partial charge is 0.494 e. The summed E-state index contributed by atoms with van der Waals surface area (Å²) in [6.45, 7) is 1.54. The molecule has 3 aromatic heterocycles. The van der Waals surface area contributed by atoms with Crippen molar-refractivity contribution in [1.29, 1.82) is 0 Å². The average Bonchev–Trinajstić information content (AvgIpc) is 3.49. The van der Waals surface area contributed by atoms with Crippen molar-refractivity contribution >= 4 is 27.6 Å². The number of nitrogens with zero attached hydrogens (tertiary/aromatic N) is 5. The zero-order valence-corrected chi connectivity index (χ0v) is 20.0. The van der Waals surface area contributed by atoms with Gasteiger partial charge in [0.1, 0.15) is 23.0 Å². The van der Waals surface area contributed by atoms with E-state index in [0.717, 1.165) is 0 Å². The van der Waals surface area contributed by atoms with Crippen molar-refractivity contribution in [2.45, 2.75) is 18.6 Å². The standard InChI is InChI=1S/C21H21ClN6O5S/c1-13(10-18-23-11-14(22)12-24-18)34(29,30)27-21-26-25-20(17-8-5-9-33-17)28(21)19-15(31-2)6-4-7-16(19)32-3/h4-9,11-13H,10H2,1-3H3,(H,26,27)/t13-/m0/s1. The van der Waals surface area contributed by atoms with Gasteiger partial charge in [0.2, 0.25) is 21.8 Å². The molecule has 0 radical (unpaired) electrons. The molecule has 3 heterocycles. The first-order chi connectivity index (χ1) is 16.3. The van der Waals surface area contributed by atoms with Gasteiger partial charge >= 0.3 is 0 Å². The molecule has 0 aliphatic carbocycles. The summed E-state index contributed by atoms with van der Waals surface area (Å²) in [5.74, 6) is 1.71. The number of para-hydroxylation sites is 1. The lowest BCUT2D eigenvalue weighted by Crippen LogP contribution is -2.29. The summed E-state index contributed by atoms with van der Waals surface area (Å²) in [5, 5.41) is 7.72. The SMILES string of the molecule is COc1cccc(OC)c1-n1c(NS(=O)(=O)[C@@H](C)Cc2ncc(Cl)cn2)nnc1-c1ccco1. The molecule has 13 heteroatoms. The van der Waals surface area contributed by atoms with E-state index in [4.69, 9.17) is 25.5 Å². The number of sulfonamides is 1. The van der Waals surface area contributed by atoms with Gasteiger partial charge in [0.05, 0.1) is 30.8 Å². The van der Waals surface area contributed by atoms with Crippen molar-refractivity contribution in [1.82, 2.24) is 24.7 Å². The minimum Gasteiger partial charge on any atom is -0.494 e. The summed E-state index contributed by atoms with van der Waals surface area (Å²) in [6, 6.07) is 8.54. The number of furan rings is 1. The lowest BCUT2D eigenvalue weighted by molar-refractivity contribution is 0.391. The van der Waals surface area contributed by atoms with E-state index in [1.807, 2.05) is 0 Å². The number of hydrogen-bond donors (Lipinski definition) is 1. The van der Waals surface area contributed by atoms with E-state index in [1.54, 1.807) is 30.3 Å². The molecular formula is C21H21ClN6O5S. The smallest absolute Gasteiger partial charge is 0.243 e. The number of methoxy groups -OCH3 is 2. The van der Waals surface area contributed by atoms with Crippen molar-refractivity contribution in [3.05, 3.63) is 59.8 Å². The molecule has 34 heavy (non-hydrogen) atoms. The molecule has 0 unspecified atom stereocenters. The van der Waals surface area contributed by atoms with Crippen LogP contribution in [0.2, 0.25) is 5.02 Å². The molecule has 0 bridgehead atoms. The van der Waals surface area contributed by atoms with Gasteiger partial charge in [0.15, 0.2) is 5.76 Å². The maximum atomic E-state index is 13.2. The first-order valence-electron chi connectivity index (χ1n) is 10.0. The van der Waals surface area contributed by atoms with Crippen LogP contribution in [0.25, 0.3) is 17.3 Å². The molecule has 1 aromatic carbocycles. The quantitative estimate of drug-likeness (QED) is 0.364. The van der Waals surface area contributed by atoms with Crippen molar-refractivity contribution in [3.63, 3.8) is 0 Å². The van der Waals surface area contributed by atoms with Gasteiger partial charge in [-0.25, -0.2) is 18.4 Å². The number of ether oxygens (including phenoxy) is 2. The number of hydrogen-bond acceptors (Lipinski definition) is 9. The molecule has 0 saturated carbocycles. The van der Waals surface area contributed by atoms with Crippen molar-refractivity contribution in [3.8, 4) is 28.8 Å². The van der Waals surface area contributed by atoms with E-state index in [1.165, 1.54) is 44.4 Å². The molecular weight excluding hydrogens is 484 g/mol. The number of benzene rings is 1. The topological polar surface area (TPSA) is 134 Å². The molecule has 0 fully saturated rings. The van der Waals surface area contributed by atoms with Crippen LogP contribution in [0.5, 0.6) is 11.5 Å². The number of aromatic nitrogens is 5. The number of rotatable bonds is 9. The third-order valence-electron chi connectivity index (χ3n) is 4.94. The molecule has 0 saturated heterocycles. The van der Waals surface area contributed by atoms with Gasteiger partial charge in [-0.2, -0.15) is 0 Å². The van der Waals surface area contributed by atoms with Gasteiger partial charge in [0.25, 0.3) is 0 Å². The lowest BCUT2D eigenvalue weighted by atomic mass is 10.2. The van der Waals surface area contributed by atoms with Gasteiger partial charge < -0.3 is 13.9 Å². The molecule has 0 amide bonds. The Morgan fingerprint density at radius 2 is 1.76 bits per heavy atom. The van der Waals surface area contributed by atoms with Crippen LogP contribution in [0.3, 0.4) is 0 Å². The van der Waals surface area contributed by atoms with Gasteiger partial charge in [-0.05, 0) is 31.2 Å². The van der Waals surface area contributed by atoms with Crippen LogP contribution in [0.1, 0.15) is 12.7 Å². The molecule has 1 N–H and O–H groups in total. The second-order valence-electron chi connectivity index (χ2n) is 7.15. The van der Waals surface area contributed by atoms with Gasteiger partial charge in [0, 0.05) is 18.8 Å². The molecule has 11 nitrogen and oxygen atoms in total. The Kier molecular flexibility index (Phi) is 6.70. The molecule has 0 spiro atoms. The van der Waals surface area contributed by atoms with Crippen LogP contribution in [0.4, 0.5) is 5.95 Å². The van der Waals surface area contributed by atoms with Gasteiger partial charge in [-0.3, -0.25) is 9.29 Å². The minimum absolute atomic E-state index is 0.0592. The summed E-state index contributed by atoms with van der Waals surface area (Å²) in [7, 11) is -0.959. The molecule has 178 valence electrons. The number of nitrogens with one attached hydrogen (secondary N) is 1. The van der Waals surface area contributed by atoms with Crippen molar-refractivity contribution in [2.24, 2.45) is 0 Å². The maximum absolute atomic E-state index is 13.2. The predicted octanol–water partition coefficient (Wildman–Crippen LogP) is 3.36. The molecule has 4 aromatic rings. The van der Waals surface area contributed by atoms with Gasteiger partial charge in [-0.15, -0.1) is 10.2 Å². The van der Waals surface area contributed by atoms with Gasteiger partial charge in [-0.1, -0.05) is 17.7 Å². The summed E-state index contributed by atoms with van der Waals surface area (Å²) >= 11 is 5.81. The minimum atomic E-state index is -3.95. The maximum Gasteiger partial charge on any atom is 0.243 e. The second kappa shape index (κ2) is 9.69. The van der Waals surface area contributed by atoms with E-state index in [9.17, 15) is 8.42 Å². The molecule has 0 aliphatic rings. The van der Waals surface area contributed by atoms with Crippen molar-refractivity contribution in [2.75, 3.05) is 18.9 Å². The molecule has 0 aliphatic heterocycles. The monoisotopic (exact) mass is 504 g/mol. The second-order valence-corrected chi connectivity index (χ2v) is 9.69. The molecule has 4 rings (SSSR count). The summed E-state index contributed by atoms with van der Waals surface area (Å²) < 4.78 is 46.9. The van der Waals surface area contributed by atoms with E-state index < -0.39 is 15.3 Å². The highest BCUT2D eigenvalue weighted by molar-refractivity contribution is 7.93. The van der Waals surface area contributed by atoms with E-state index in [0.29, 0.717) is 33.8 Å². The average molecular weight is 505 g/mol. The number of halogens is 1. The number of anilines is 1. The zero-order chi connectivity index (χ0) is 24.3. The fourth-order valence-electron chi connectivity index (χ4n) is 3.22. The summed E-state index contributed by atoms with van der Waals surface area (Å²) in [4.78, 5) is 8.15. The molecule has 1 atom stereocenters. The van der Waals surface area contributed by atoms with E-state index in [-0.39, 0.29) is 18.2 Å². The Hall–Kier alpha value is -3.64. The zero-order valence-electron chi connectivity index (χ0n) is 18.5. The highest BCUT2D eigenvalue weighted by Crippen LogP contribution is 2.37. The van der Waals surface area contributed by atoms with Crippen LogP contribution in [-0.4, -0.2) is 52.6 Å². The first-order valence-corrected chi connectivity index (χ1v) is 11.9. The fraction of sp³-hybridized carbons (Fsp3) is 0.238. The van der Waals surface area contributed by atoms with Crippen molar-refractivity contribution < 1.29 is 22.3 Å². The Morgan fingerprint density at radius 1 is 1.09 bits per heavy atom. The predicted molar refractivity (Wildman–Crippen MR) is 125 cm³/mol. The normalized spacial score (nSPS) is 12.4. The summed E-state index contributed by atoms with van der Waals surface area (Å²) in [6.07, 6.45) is 4.36. The van der Waals surface area contributed by atoms with Crippen LogP contribution in [-0.2, 0) is 16.4 Å². The Bertz CT molecular complexity index is 1350. The highest BCUT2D eigenvalue weighted by Gasteiger charge is 2.29. The van der Waals surface area contributed by atoms with E-state index in [2.05, 4.69) is 24.9 Å². The fourth-order valence-corrected chi connectivity index (χ4v) is 4.27. The Morgan fingerprint density at radius 3 is 2.35 bits per heavy atom. The Labute approximate surface area is 200 Å². The van der Waals surface area contributed by atoms with Crippen LogP contribution >= 0.6 is 11.6 Å². The third-order valence-corrected chi connectivity index (χ3v) is 6.83. The Balaban J connectivity index is 1.77. The first kappa shape index (κ1) is 23.5. The summed E-state index contributed by atoms with van der Waals surface area (Å²) in [5.41, 5.74) is 0.398. The highest BCUT2D eigenvalue weighted by atomic mass is 35.5. The van der Waals surface area contributed by atoms with Crippen LogP contribution in [0.15, 0.2) is 53.4 Å². The van der Waals surface area contributed by atoms with Crippen LogP contribution < -0.4 is 14.2 Å². The lowest BCUT2D eigenvalue weighted by Gasteiger charge is -2.18. The third kappa shape index (κ3) is 4.68.